The maximum Gasteiger partial charge on any atom is 0.357 e. The minimum Gasteiger partial charge on any atom is -0.476 e. The largest absolute Gasteiger partial charge is 0.476 e. The first-order chi connectivity index (χ1) is 10.8. The fourth-order valence-corrected chi connectivity index (χ4v) is 2.29. The molecule has 7 nitrogen and oxygen atoms in total. The third-order valence-electron chi connectivity index (χ3n) is 3.10. The standard InChI is InChI=1S/C15H14ClN3O4/c1-3-19-14(21)12(17-10-6-4-5-9(16)7-10)11(8(2)20)13(18-19)15(22)23/h4-7,17H,3H2,1-2H3,(H,22,23). The molecule has 0 aliphatic rings. The third kappa shape index (κ3) is 3.40. The molecule has 0 atom stereocenters. The van der Waals surface area contributed by atoms with Gasteiger partial charge in [-0.25, -0.2) is 9.48 Å². The molecule has 0 aliphatic carbocycles. The highest BCUT2D eigenvalue weighted by atomic mass is 35.5. The summed E-state index contributed by atoms with van der Waals surface area (Å²) < 4.78 is 0.989. The quantitative estimate of drug-likeness (QED) is 0.814. The Morgan fingerprint density at radius 3 is 2.61 bits per heavy atom. The van der Waals surface area contributed by atoms with Crippen molar-refractivity contribution in [2.75, 3.05) is 5.32 Å². The average molecular weight is 336 g/mol. The van der Waals surface area contributed by atoms with Crippen molar-refractivity contribution in [3.8, 4) is 0 Å². The van der Waals surface area contributed by atoms with E-state index in [-0.39, 0.29) is 17.8 Å². The Hall–Kier alpha value is -2.67. The number of anilines is 2. The molecule has 0 bridgehead atoms. The van der Waals surface area contributed by atoms with Gasteiger partial charge in [0.1, 0.15) is 5.69 Å². The van der Waals surface area contributed by atoms with E-state index in [0.29, 0.717) is 10.7 Å². The maximum absolute atomic E-state index is 12.4. The van der Waals surface area contributed by atoms with Crippen molar-refractivity contribution in [3.05, 3.63) is 50.9 Å². The number of carbonyl (C=O) groups excluding carboxylic acids is 1. The zero-order valence-electron chi connectivity index (χ0n) is 12.5. The molecule has 0 fully saturated rings. The Labute approximate surface area is 136 Å². The topological polar surface area (TPSA) is 101 Å². The van der Waals surface area contributed by atoms with Gasteiger partial charge in [-0.2, -0.15) is 5.10 Å². The average Bonchev–Trinajstić information content (AvgIpc) is 2.48. The van der Waals surface area contributed by atoms with Crippen LogP contribution in [0.15, 0.2) is 29.1 Å². The minimum absolute atomic E-state index is 0.131. The van der Waals surface area contributed by atoms with E-state index < -0.39 is 23.0 Å². The van der Waals surface area contributed by atoms with Crippen LogP contribution in [-0.2, 0) is 6.54 Å². The van der Waals surface area contributed by atoms with Gasteiger partial charge in [0.2, 0.25) is 0 Å². The Balaban J connectivity index is 2.73. The first-order valence-corrected chi connectivity index (χ1v) is 7.14. The molecule has 0 aliphatic heterocycles. The van der Waals surface area contributed by atoms with Crippen LogP contribution >= 0.6 is 11.6 Å². The molecule has 0 saturated heterocycles. The van der Waals surface area contributed by atoms with Gasteiger partial charge in [-0.15, -0.1) is 0 Å². The minimum atomic E-state index is -1.38. The zero-order valence-corrected chi connectivity index (χ0v) is 13.2. The fraction of sp³-hybridized carbons (Fsp3) is 0.200. The molecule has 0 spiro atoms. The number of Topliss-reactive ketones (excluding diaryl/α,β-unsaturated/α-hetero) is 1. The molecule has 2 aromatic rings. The lowest BCUT2D eigenvalue weighted by atomic mass is 10.1. The van der Waals surface area contributed by atoms with E-state index in [1.165, 1.54) is 6.92 Å². The van der Waals surface area contributed by atoms with Crippen molar-refractivity contribution in [2.24, 2.45) is 0 Å². The van der Waals surface area contributed by atoms with Crippen LogP contribution in [0.25, 0.3) is 0 Å². The third-order valence-corrected chi connectivity index (χ3v) is 3.34. The van der Waals surface area contributed by atoms with E-state index in [1.54, 1.807) is 31.2 Å². The molecular weight excluding hydrogens is 322 g/mol. The van der Waals surface area contributed by atoms with E-state index >= 15 is 0 Å². The number of benzene rings is 1. The second-order valence-corrected chi connectivity index (χ2v) is 5.15. The van der Waals surface area contributed by atoms with Gasteiger partial charge in [-0.3, -0.25) is 9.59 Å². The molecule has 120 valence electrons. The van der Waals surface area contributed by atoms with Gasteiger partial charge in [-0.1, -0.05) is 17.7 Å². The van der Waals surface area contributed by atoms with Crippen LogP contribution in [0.2, 0.25) is 5.02 Å². The monoisotopic (exact) mass is 335 g/mol. The summed E-state index contributed by atoms with van der Waals surface area (Å²) in [4.78, 5) is 35.7. The van der Waals surface area contributed by atoms with Gasteiger partial charge in [-0.05, 0) is 32.0 Å². The molecule has 0 unspecified atom stereocenters. The molecule has 8 heteroatoms. The Kier molecular flexibility index (Phi) is 4.80. The number of rotatable bonds is 5. The number of hydrogen-bond donors (Lipinski definition) is 2. The van der Waals surface area contributed by atoms with Crippen molar-refractivity contribution in [1.29, 1.82) is 0 Å². The number of carboxylic acids is 1. The van der Waals surface area contributed by atoms with Crippen molar-refractivity contribution >= 4 is 34.7 Å². The first kappa shape index (κ1) is 16.7. The number of nitrogens with zero attached hydrogens (tertiary/aromatic N) is 2. The zero-order chi connectivity index (χ0) is 17.1. The normalized spacial score (nSPS) is 10.4. The smallest absolute Gasteiger partial charge is 0.357 e. The number of carbonyl (C=O) groups is 2. The first-order valence-electron chi connectivity index (χ1n) is 6.77. The summed E-state index contributed by atoms with van der Waals surface area (Å²) in [7, 11) is 0. The number of nitrogens with one attached hydrogen (secondary N) is 1. The highest BCUT2D eigenvalue weighted by molar-refractivity contribution is 6.30. The molecule has 23 heavy (non-hydrogen) atoms. The number of aromatic carboxylic acids is 1. The lowest BCUT2D eigenvalue weighted by molar-refractivity contribution is 0.0682. The number of hydrogen-bond acceptors (Lipinski definition) is 5. The van der Waals surface area contributed by atoms with Crippen LogP contribution in [0, 0.1) is 0 Å². The van der Waals surface area contributed by atoms with Gasteiger partial charge >= 0.3 is 5.97 Å². The highest BCUT2D eigenvalue weighted by Crippen LogP contribution is 2.22. The lowest BCUT2D eigenvalue weighted by Crippen LogP contribution is -2.30. The van der Waals surface area contributed by atoms with Gasteiger partial charge in [0.05, 0.1) is 5.56 Å². The Bertz CT molecular complexity index is 845. The second-order valence-electron chi connectivity index (χ2n) is 4.72. The molecule has 1 heterocycles. The molecule has 1 aromatic heterocycles. The van der Waals surface area contributed by atoms with Gasteiger partial charge in [0, 0.05) is 17.3 Å². The van der Waals surface area contributed by atoms with Crippen LogP contribution < -0.4 is 10.9 Å². The molecule has 2 N–H and O–H groups in total. The molecule has 0 saturated carbocycles. The summed E-state index contributed by atoms with van der Waals surface area (Å²) in [5.74, 6) is -1.95. The summed E-state index contributed by atoms with van der Waals surface area (Å²) in [6, 6.07) is 6.52. The van der Waals surface area contributed by atoms with Crippen LogP contribution in [-0.4, -0.2) is 26.6 Å². The van der Waals surface area contributed by atoms with Crippen LogP contribution in [0.5, 0.6) is 0 Å². The summed E-state index contributed by atoms with van der Waals surface area (Å²) in [6.07, 6.45) is 0. The van der Waals surface area contributed by atoms with Crippen LogP contribution in [0.3, 0.4) is 0 Å². The van der Waals surface area contributed by atoms with E-state index in [9.17, 15) is 19.5 Å². The second kappa shape index (κ2) is 6.62. The molecule has 2 rings (SSSR count). The highest BCUT2D eigenvalue weighted by Gasteiger charge is 2.24. The van der Waals surface area contributed by atoms with E-state index in [4.69, 9.17) is 11.6 Å². The fourth-order valence-electron chi connectivity index (χ4n) is 2.10. The van der Waals surface area contributed by atoms with E-state index in [2.05, 4.69) is 10.4 Å². The predicted molar refractivity (Wildman–Crippen MR) is 85.9 cm³/mol. The molecule has 0 amide bonds. The number of aryl methyl sites for hydroxylation is 1. The number of halogens is 1. The van der Waals surface area contributed by atoms with Crippen molar-refractivity contribution in [3.63, 3.8) is 0 Å². The van der Waals surface area contributed by atoms with Gasteiger partial charge in [0.15, 0.2) is 11.5 Å². The number of carboxylic acid groups (broad SMARTS) is 1. The van der Waals surface area contributed by atoms with E-state index in [1.807, 2.05) is 0 Å². The van der Waals surface area contributed by atoms with Crippen LogP contribution in [0.4, 0.5) is 11.4 Å². The predicted octanol–water partition coefficient (Wildman–Crippen LogP) is 2.56. The summed E-state index contributed by atoms with van der Waals surface area (Å²) in [6.45, 7) is 3.00. The van der Waals surface area contributed by atoms with Gasteiger partial charge in [0.25, 0.3) is 5.56 Å². The molecule has 0 radical (unpaired) electrons. The summed E-state index contributed by atoms with van der Waals surface area (Å²) >= 11 is 5.90. The summed E-state index contributed by atoms with van der Waals surface area (Å²) in [5, 5.41) is 16.3. The SMILES string of the molecule is CCn1nc(C(=O)O)c(C(C)=O)c(Nc2cccc(Cl)c2)c1=O. The number of ketones is 1. The molecular formula is C15H14ClN3O4. The number of aromatic nitrogens is 2. The van der Waals surface area contributed by atoms with Gasteiger partial charge < -0.3 is 10.4 Å². The lowest BCUT2D eigenvalue weighted by Gasteiger charge is -2.14. The van der Waals surface area contributed by atoms with Crippen molar-refractivity contribution < 1.29 is 14.7 Å². The van der Waals surface area contributed by atoms with Crippen molar-refractivity contribution in [2.45, 2.75) is 20.4 Å². The van der Waals surface area contributed by atoms with Crippen LogP contribution in [0.1, 0.15) is 34.7 Å². The van der Waals surface area contributed by atoms with Crippen molar-refractivity contribution in [1.82, 2.24) is 9.78 Å². The Morgan fingerprint density at radius 2 is 2.09 bits per heavy atom. The Morgan fingerprint density at radius 1 is 1.39 bits per heavy atom. The summed E-state index contributed by atoms with van der Waals surface area (Å²) in [5.41, 5.74) is -0.977. The van der Waals surface area contributed by atoms with E-state index in [0.717, 1.165) is 4.68 Å². The molecule has 1 aromatic carbocycles. The maximum atomic E-state index is 12.4.